The second-order valence-electron chi connectivity index (χ2n) is 20.1. The number of ether oxygens (including phenoxy) is 1. The van der Waals surface area contributed by atoms with Gasteiger partial charge in [-0.2, -0.15) is 0 Å². The van der Waals surface area contributed by atoms with Crippen LogP contribution in [0.4, 0.5) is 0 Å². The molecule has 2 aromatic carbocycles. The summed E-state index contributed by atoms with van der Waals surface area (Å²) in [5.41, 5.74) is 4.94. The smallest absolute Gasteiger partial charge is 0.311 e. The van der Waals surface area contributed by atoms with Gasteiger partial charge in [0.05, 0.1) is 0 Å². The van der Waals surface area contributed by atoms with E-state index in [1.54, 1.807) is 0 Å². The van der Waals surface area contributed by atoms with Crippen molar-refractivity contribution in [3.8, 4) is 17.2 Å². The molecule has 0 saturated heterocycles. The van der Waals surface area contributed by atoms with Gasteiger partial charge in [-0.1, -0.05) is 230 Å². The molecule has 2 rings (SSSR count). The number of carbonyl (C=O) groups excluding carboxylic acids is 1. The highest BCUT2D eigenvalue weighted by atomic mass is 28.4. The standard InChI is InChI=1S/C54H94O4Si2/c1-14-15-16-17-18-19-20-21-22-23-24-25-26-27-28-29-30-31-32-33-54(55)56-51-38-36-49(37-39-51)34-35-50-40-52(57-59(43(2)3,44(4)5)45(6)7)42-53(41-50)58-60(46(8)9,47(10)11)48(12)13/h34-48H,14-33H2,1-13H3/b35-34+. The molecule has 0 spiro atoms. The van der Waals surface area contributed by atoms with Crippen molar-refractivity contribution in [3.05, 3.63) is 53.6 Å². The van der Waals surface area contributed by atoms with Crippen LogP contribution in [0, 0.1) is 0 Å². The number of esters is 1. The zero-order chi connectivity index (χ0) is 44.6. The summed E-state index contributed by atoms with van der Waals surface area (Å²) in [5.74, 6) is 2.31. The quantitative estimate of drug-likeness (QED) is 0.0236. The summed E-state index contributed by atoms with van der Waals surface area (Å²) in [7, 11) is -4.37. The largest absolute Gasteiger partial charge is 0.543 e. The maximum atomic E-state index is 12.7. The molecule has 0 fully saturated rings. The first-order chi connectivity index (χ1) is 28.6. The molecule has 4 nitrogen and oxygen atoms in total. The predicted molar refractivity (Wildman–Crippen MR) is 269 cm³/mol. The molecule has 342 valence electrons. The van der Waals surface area contributed by atoms with Gasteiger partial charge in [-0.05, 0) is 75.1 Å². The monoisotopic (exact) mass is 863 g/mol. The zero-order valence-corrected chi connectivity index (χ0v) is 43.4. The molecule has 0 bridgehead atoms. The fraction of sp³-hybridized carbons (Fsp3) is 0.722. The third-order valence-corrected chi connectivity index (χ3v) is 25.5. The van der Waals surface area contributed by atoms with Crippen molar-refractivity contribution in [2.45, 2.75) is 252 Å². The minimum atomic E-state index is -2.18. The van der Waals surface area contributed by atoms with Gasteiger partial charge in [0.15, 0.2) is 0 Å². The second-order valence-corrected chi connectivity index (χ2v) is 30.8. The van der Waals surface area contributed by atoms with Crippen LogP contribution in [0.1, 0.15) is 230 Å². The van der Waals surface area contributed by atoms with E-state index < -0.39 is 16.6 Å². The summed E-state index contributed by atoms with van der Waals surface area (Å²) in [5, 5.41) is 0. The van der Waals surface area contributed by atoms with E-state index in [-0.39, 0.29) is 5.97 Å². The molecule has 0 unspecified atom stereocenters. The van der Waals surface area contributed by atoms with E-state index in [1.807, 2.05) is 24.3 Å². The lowest BCUT2D eigenvalue weighted by Crippen LogP contribution is -2.51. The van der Waals surface area contributed by atoms with E-state index in [2.05, 4.69) is 120 Å². The molecule has 0 aliphatic carbocycles. The van der Waals surface area contributed by atoms with Crippen LogP contribution in [0.15, 0.2) is 42.5 Å². The molecule has 0 aliphatic rings. The van der Waals surface area contributed by atoms with Gasteiger partial charge in [-0.25, -0.2) is 0 Å². The number of carbonyl (C=O) groups is 1. The number of unbranched alkanes of at least 4 members (excludes halogenated alkanes) is 18. The van der Waals surface area contributed by atoms with Crippen molar-refractivity contribution >= 4 is 34.8 Å². The first-order valence-electron chi connectivity index (χ1n) is 25.1. The molecular formula is C54H94O4Si2. The topological polar surface area (TPSA) is 44.8 Å². The molecule has 0 radical (unpaired) electrons. The highest BCUT2D eigenvalue weighted by Crippen LogP contribution is 2.46. The Kier molecular flexibility index (Phi) is 26.1. The molecule has 2 aromatic rings. The van der Waals surface area contributed by atoms with Gasteiger partial charge < -0.3 is 13.6 Å². The van der Waals surface area contributed by atoms with E-state index >= 15 is 0 Å². The molecule has 0 N–H and O–H groups in total. The Morgan fingerprint density at radius 2 is 0.750 bits per heavy atom. The summed E-state index contributed by atoms with van der Waals surface area (Å²) in [6, 6.07) is 14.4. The van der Waals surface area contributed by atoms with E-state index in [0.717, 1.165) is 35.5 Å². The molecule has 0 amide bonds. The zero-order valence-electron chi connectivity index (χ0n) is 41.4. The van der Waals surface area contributed by atoms with Crippen LogP contribution in [0.25, 0.3) is 12.2 Å². The van der Waals surface area contributed by atoms with Gasteiger partial charge >= 0.3 is 5.97 Å². The first-order valence-corrected chi connectivity index (χ1v) is 29.4. The summed E-state index contributed by atoms with van der Waals surface area (Å²) in [6.45, 7) is 30.4. The van der Waals surface area contributed by atoms with E-state index in [1.165, 1.54) is 109 Å². The Morgan fingerprint density at radius 3 is 1.08 bits per heavy atom. The highest BCUT2D eigenvalue weighted by Gasteiger charge is 2.48. The van der Waals surface area contributed by atoms with Gasteiger partial charge in [0, 0.05) is 12.5 Å². The molecule has 6 heteroatoms. The van der Waals surface area contributed by atoms with Gasteiger partial charge in [-0.3, -0.25) is 4.79 Å². The summed E-state index contributed by atoms with van der Waals surface area (Å²) in [6.07, 6.45) is 30.4. The third-order valence-electron chi connectivity index (χ3n) is 13.5. The Bertz CT molecular complexity index is 1360. The second kappa shape index (κ2) is 29.1. The molecule has 0 saturated carbocycles. The Hall–Kier alpha value is -2.32. The lowest BCUT2D eigenvalue weighted by molar-refractivity contribution is -0.134. The van der Waals surface area contributed by atoms with Crippen LogP contribution >= 0.6 is 0 Å². The fourth-order valence-corrected chi connectivity index (χ4v) is 20.8. The van der Waals surface area contributed by atoms with Crippen LogP contribution in [0.5, 0.6) is 17.2 Å². The lowest BCUT2D eigenvalue weighted by atomic mass is 10.0. The Morgan fingerprint density at radius 1 is 0.433 bits per heavy atom. The van der Waals surface area contributed by atoms with Crippen LogP contribution in [-0.4, -0.2) is 22.6 Å². The maximum Gasteiger partial charge on any atom is 0.311 e. The molecular weight excluding hydrogens is 769 g/mol. The predicted octanol–water partition coefficient (Wildman–Crippen LogP) is 18.7. The van der Waals surface area contributed by atoms with Crippen LogP contribution in [0.2, 0.25) is 33.2 Å². The summed E-state index contributed by atoms with van der Waals surface area (Å²) in [4.78, 5) is 12.7. The average Bonchev–Trinajstić information content (AvgIpc) is 3.18. The van der Waals surface area contributed by atoms with Crippen molar-refractivity contribution in [3.63, 3.8) is 0 Å². The SMILES string of the molecule is CCCCCCCCCCCCCCCCCCCCCC(=O)Oc1ccc(/C=C/c2cc(O[Si](C(C)C)(C(C)C)C(C)C)cc(O[Si](C(C)C)(C(C)C)C(C)C)c2)cc1. The summed E-state index contributed by atoms with van der Waals surface area (Å²) >= 11 is 0. The Labute approximate surface area is 374 Å². The summed E-state index contributed by atoms with van der Waals surface area (Å²) < 4.78 is 20.2. The van der Waals surface area contributed by atoms with E-state index in [0.29, 0.717) is 45.4 Å². The highest BCUT2D eigenvalue weighted by molar-refractivity contribution is 6.78. The minimum Gasteiger partial charge on any atom is -0.543 e. The van der Waals surface area contributed by atoms with E-state index in [9.17, 15) is 4.79 Å². The molecule has 0 aliphatic heterocycles. The van der Waals surface area contributed by atoms with Crippen LogP contribution in [-0.2, 0) is 4.79 Å². The number of hydrogen-bond donors (Lipinski definition) is 0. The number of rotatable bonds is 33. The third kappa shape index (κ3) is 18.2. The first kappa shape index (κ1) is 53.8. The van der Waals surface area contributed by atoms with Gasteiger partial charge in [0.25, 0.3) is 16.6 Å². The maximum absolute atomic E-state index is 12.7. The molecule has 0 heterocycles. The van der Waals surface area contributed by atoms with Crippen LogP contribution in [0.3, 0.4) is 0 Å². The van der Waals surface area contributed by atoms with Crippen molar-refractivity contribution in [2.75, 3.05) is 0 Å². The van der Waals surface area contributed by atoms with Crippen molar-refractivity contribution in [1.29, 1.82) is 0 Å². The lowest BCUT2D eigenvalue weighted by Gasteiger charge is -2.43. The van der Waals surface area contributed by atoms with Crippen LogP contribution < -0.4 is 13.6 Å². The molecule has 60 heavy (non-hydrogen) atoms. The van der Waals surface area contributed by atoms with Gasteiger partial charge in [-0.15, -0.1) is 0 Å². The Balaban J connectivity index is 1.89. The number of benzene rings is 2. The van der Waals surface area contributed by atoms with Crippen molar-refractivity contribution in [1.82, 2.24) is 0 Å². The molecule has 0 atom stereocenters. The van der Waals surface area contributed by atoms with Gasteiger partial charge in [0.1, 0.15) is 17.2 Å². The normalized spacial score (nSPS) is 12.7. The minimum absolute atomic E-state index is 0.137. The van der Waals surface area contributed by atoms with E-state index in [4.69, 9.17) is 13.6 Å². The average molecular weight is 864 g/mol. The van der Waals surface area contributed by atoms with Crippen molar-refractivity contribution < 1.29 is 18.4 Å². The van der Waals surface area contributed by atoms with Gasteiger partial charge in [0.2, 0.25) is 0 Å². The number of hydrogen-bond acceptors (Lipinski definition) is 4. The fourth-order valence-electron chi connectivity index (χ4n) is 10.3. The van der Waals surface area contributed by atoms with Crippen molar-refractivity contribution in [2.24, 2.45) is 0 Å². The molecule has 0 aromatic heterocycles.